The second-order valence-electron chi connectivity index (χ2n) is 4.42. The van der Waals surface area contributed by atoms with E-state index in [-0.39, 0.29) is 12.2 Å². The number of carboxylic acid groups (broad SMARTS) is 1. The molecule has 92 valence electrons. The lowest BCUT2D eigenvalue weighted by Gasteiger charge is -2.23. The first-order valence-corrected chi connectivity index (χ1v) is 6.21. The number of rotatable bonds is 3. The van der Waals surface area contributed by atoms with Gasteiger partial charge in [-0.25, -0.2) is 4.39 Å². The Bertz CT molecular complexity index is 444. The van der Waals surface area contributed by atoms with Crippen molar-refractivity contribution < 1.29 is 14.3 Å². The number of aliphatic carboxylic acids is 1. The number of hydrogen-bond acceptors (Lipinski definition) is 2. The molecule has 1 aromatic rings. The third-order valence-corrected chi connectivity index (χ3v) is 3.73. The first-order chi connectivity index (χ1) is 8.03. The quantitative estimate of drug-likeness (QED) is 0.900. The van der Waals surface area contributed by atoms with Crippen LogP contribution in [-0.2, 0) is 11.2 Å². The van der Waals surface area contributed by atoms with Gasteiger partial charge in [0, 0.05) is 11.0 Å². The van der Waals surface area contributed by atoms with Crippen LogP contribution in [0.3, 0.4) is 0 Å². The summed E-state index contributed by atoms with van der Waals surface area (Å²) in [6.07, 6.45) is 0.770. The molecule has 1 heterocycles. The highest BCUT2D eigenvalue weighted by atomic mass is 79.9. The minimum absolute atomic E-state index is 0.231. The van der Waals surface area contributed by atoms with Gasteiger partial charge in [-0.3, -0.25) is 4.79 Å². The van der Waals surface area contributed by atoms with Crippen molar-refractivity contribution >= 4 is 21.9 Å². The third-order valence-electron chi connectivity index (χ3n) is 3.24. The monoisotopic (exact) mass is 301 g/mol. The summed E-state index contributed by atoms with van der Waals surface area (Å²) in [7, 11) is 0. The fourth-order valence-electron chi connectivity index (χ4n) is 2.18. The number of nitrogens with one attached hydrogen (secondary N) is 1. The number of carbonyl (C=O) groups is 1. The zero-order valence-corrected chi connectivity index (χ0v) is 10.8. The van der Waals surface area contributed by atoms with Crippen LogP contribution in [-0.4, -0.2) is 24.2 Å². The maximum atomic E-state index is 13.7. The summed E-state index contributed by atoms with van der Waals surface area (Å²) in [6, 6.07) is 4.74. The van der Waals surface area contributed by atoms with E-state index in [0.29, 0.717) is 29.5 Å². The molecule has 17 heavy (non-hydrogen) atoms. The van der Waals surface area contributed by atoms with E-state index < -0.39 is 11.4 Å². The molecule has 0 saturated carbocycles. The fourth-order valence-corrected chi connectivity index (χ4v) is 2.52. The number of carboxylic acids is 1. The van der Waals surface area contributed by atoms with Crippen molar-refractivity contribution in [2.45, 2.75) is 12.8 Å². The van der Waals surface area contributed by atoms with Crippen molar-refractivity contribution in [1.82, 2.24) is 5.32 Å². The molecule has 0 bridgehead atoms. The van der Waals surface area contributed by atoms with E-state index in [1.807, 2.05) is 0 Å². The average molecular weight is 302 g/mol. The Kier molecular flexibility index (Phi) is 3.49. The van der Waals surface area contributed by atoms with E-state index in [2.05, 4.69) is 21.2 Å². The Hall–Kier alpha value is -0.940. The topological polar surface area (TPSA) is 49.3 Å². The van der Waals surface area contributed by atoms with Crippen LogP contribution in [0.25, 0.3) is 0 Å². The van der Waals surface area contributed by atoms with Crippen LogP contribution in [0, 0.1) is 11.2 Å². The van der Waals surface area contributed by atoms with Gasteiger partial charge < -0.3 is 10.4 Å². The van der Waals surface area contributed by atoms with Gasteiger partial charge in [-0.05, 0) is 37.1 Å². The minimum atomic E-state index is -0.866. The van der Waals surface area contributed by atoms with Crippen LogP contribution in [0.4, 0.5) is 4.39 Å². The summed E-state index contributed by atoms with van der Waals surface area (Å²) in [5, 5.41) is 12.3. The number of benzene rings is 1. The highest BCUT2D eigenvalue weighted by molar-refractivity contribution is 9.10. The summed E-state index contributed by atoms with van der Waals surface area (Å²) < 4.78 is 14.4. The van der Waals surface area contributed by atoms with Gasteiger partial charge in [-0.1, -0.05) is 22.0 Å². The van der Waals surface area contributed by atoms with Crippen molar-refractivity contribution in [2.24, 2.45) is 5.41 Å². The molecule has 2 N–H and O–H groups in total. The molecule has 1 aliphatic heterocycles. The van der Waals surface area contributed by atoms with Crippen LogP contribution in [0.15, 0.2) is 22.7 Å². The Morgan fingerprint density at radius 1 is 1.59 bits per heavy atom. The van der Waals surface area contributed by atoms with E-state index in [9.17, 15) is 14.3 Å². The summed E-state index contributed by atoms with van der Waals surface area (Å²) in [6.45, 7) is 1.07. The Balaban J connectivity index is 2.26. The smallest absolute Gasteiger partial charge is 0.311 e. The standard InChI is InChI=1S/C12H13BrFNO2/c13-9-2-1-8(10(14)5-9)6-12(11(16)17)3-4-15-7-12/h1-2,5,15H,3-4,6-7H2,(H,16,17). The van der Waals surface area contributed by atoms with Crippen molar-refractivity contribution in [2.75, 3.05) is 13.1 Å². The molecule has 0 aromatic heterocycles. The molecule has 1 atom stereocenters. The van der Waals surface area contributed by atoms with Crippen LogP contribution in [0.2, 0.25) is 0 Å². The first-order valence-electron chi connectivity index (χ1n) is 5.42. The zero-order valence-electron chi connectivity index (χ0n) is 9.17. The Labute approximate surface area is 107 Å². The molecule has 0 radical (unpaired) electrons. The molecule has 0 amide bonds. The molecule has 0 spiro atoms. The predicted molar refractivity (Wildman–Crippen MR) is 65.4 cm³/mol. The largest absolute Gasteiger partial charge is 0.481 e. The van der Waals surface area contributed by atoms with Crippen molar-refractivity contribution in [3.8, 4) is 0 Å². The van der Waals surface area contributed by atoms with Crippen molar-refractivity contribution in [3.63, 3.8) is 0 Å². The molecule has 2 rings (SSSR count). The van der Waals surface area contributed by atoms with Gasteiger partial charge in [0.1, 0.15) is 5.82 Å². The lowest BCUT2D eigenvalue weighted by atomic mass is 9.81. The lowest BCUT2D eigenvalue weighted by Crippen LogP contribution is -2.35. The van der Waals surface area contributed by atoms with E-state index in [1.54, 1.807) is 12.1 Å². The SMILES string of the molecule is O=C(O)C1(Cc2ccc(Br)cc2F)CCNC1. The molecule has 5 heteroatoms. The highest BCUT2D eigenvalue weighted by Gasteiger charge is 2.41. The molecule has 1 aromatic carbocycles. The van der Waals surface area contributed by atoms with E-state index in [0.717, 1.165) is 0 Å². The van der Waals surface area contributed by atoms with Crippen molar-refractivity contribution in [3.05, 3.63) is 34.1 Å². The highest BCUT2D eigenvalue weighted by Crippen LogP contribution is 2.31. The minimum Gasteiger partial charge on any atom is -0.481 e. The summed E-state index contributed by atoms with van der Waals surface area (Å²) in [5.41, 5.74) is -0.409. The lowest BCUT2D eigenvalue weighted by molar-refractivity contribution is -0.147. The second kappa shape index (κ2) is 4.74. The van der Waals surface area contributed by atoms with E-state index >= 15 is 0 Å². The summed E-state index contributed by atoms with van der Waals surface area (Å²) >= 11 is 3.18. The van der Waals surface area contributed by atoms with Crippen LogP contribution >= 0.6 is 15.9 Å². The first kappa shape index (κ1) is 12.5. The van der Waals surface area contributed by atoms with E-state index in [4.69, 9.17) is 0 Å². The van der Waals surface area contributed by atoms with Gasteiger partial charge in [0.05, 0.1) is 5.41 Å². The molecular weight excluding hydrogens is 289 g/mol. The molecular formula is C12H13BrFNO2. The predicted octanol–water partition coefficient (Wildman–Crippen LogP) is 2.20. The Morgan fingerprint density at radius 3 is 2.88 bits per heavy atom. The molecule has 1 saturated heterocycles. The maximum Gasteiger partial charge on any atom is 0.311 e. The molecule has 1 unspecified atom stereocenters. The van der Waals surface area contributed by atoms with Gasteiger partial charge in [-0.15, -0.1) is 0 Å². The molecule has 0 aliphatic carbocycles. The van der Waals surface area contributed by atoms with Gasteiger partial charge in [0.2, 0.25) is 0 Å². The maximum absolute atomic E-state index is 13.7. The van der Waals surface area contributed by atoms with Crippen molar-refractivity contribution in [1.29, 1.82) is 0 Å². The average Bonchev–Trinajstić information content (AvgIpc) is 2.72. The number of halogens is 2. The molecule has 3 nitrogen and oxygen atoms in total. The van der Waals surface area contributed by atoms with Gasteiger partial charge in [0.25, 0.3) is 0 Å². The normalized spacial score (nSPS) is 23.9. The fraction of sp³-hybridized carbons (Fsp3) is 0.417. The third kappa shape index (κ3) is 2.50. The van der Waals surface area contributed by atoms with Crippen LogP contribution in [0.1, 0.15) is 12.0 Å². The summed E-state index contributed by atoms with van der Waals surface area (Å²) in [5.74, 6) is -1.21. The number of hydrogen-bond donors (Lipinski definition) is 2. The molecule has 1 aliphatic rings. The Morgan fingerprint density at radius 2 is 2.35 bits per heavy atom. The zero-order chi connectivity index (χ0) is 12.5. The van der Waals surface area contributed by atoms with Gasteiger partial charge in [-0.2, -0.15) is 0 Å². The van der Waals surface area contributed by atoms with Gasteiger partial charge >= 0.3 is 5.97 Å². The van der Waals surface area contributed by atoms with Crippen LogP contribution < -0.4 is 5.32 Å². The van der Waals surface area contributed by atoms with Gasteiger partial charge in [0.15, 0.2) is 0 Å². The second-order valence-corrected chi connectivity index (χ2v) is 5.34. The summed E-state index contributed by atoms with van der Waals surface area (Å²) in [4.78, 5) is 11.3. The molecule has 1 fully saturated rings. The van der Waals surface area contributed by atoms with Crippen LogP contribution in [0.5, 0.6) is 0 Å². The van der Waals surface area contributed by atoms with E-state index in [1.165, 1.54) is 6.07 Å².